The van der Waals surface area contributed by atoms with Crippen LogP contribution >= 0.6 is 0 Å². The molecule has 2 rings (SSSR count). The number of anilines is 1. The number of hydrogen-bond donors (Lipinski definition) is 2. The Morgan fingerprint density at radius 3 is 2.85 bits per heavy atom. The standard InChI is InChI=1S/C15H23N3O2/c1-12-13(4-2-5-14(12)16)15(20)18-7-3-6-17(8-9-18)10-11-19/h2,4-5,19H,3,6-11,16H2,1H3. The number of carbonyl (C=O) groups is 1. The Morgan fingerprint density at radius 2 is 2.10 bits per heavy atom. The molecule has 3 N–H and O–H groups in total. The van der Waals surface area contributed by atoms with E-state index in [1.165, 1.54) is 0 Å². The summed E-state index contributed by atoms with van der Waals surface area (Å²) in [7, 11) is 0. The molecule has 20 heavy (non-hydrogen) atoms. The quantitative estimate of drug-likeness (QED) is 0.799. The molecule has 0 aliphatic carbocycles. The Hall–Kier alpha value is -1.59. The van der Waals surface area contributed by atoms with Crippen LogP contribution in [-0.4, -0.2) is 60.1 Å². The summed E-state index contributed by atoms with van der Waals surface area (Å²) in [5.74, 6) is 0.0562. The Balaban J connectivity index is 2.07. The summed E-state index contributed by atoms with van der Waals surface area (Å²) in [5, 5.41) is 8.99. The predicted molar refractivity (Wildman–Crippen MR) is 79.6 cm³/mol. The van der Waals surface area contributed by atoms with Crippen LogP contribution in [0.25, 0.3) is 0 Å². The van der Waals surface area contributed by atoms with Crippen LogP contribution in [0.15, 0.2) is 18.2 Å². The fourth-order valence-corrected chi connectivity index (χ4v) is 2.59. The maximum absolute atomic E-state index is 12.6. The zero-order chi connectivity index (χ0) is 14.5. The molecule has 1 aromatic carbocycles. The highest BCUT2D eigenvalue weighted by Gasteiger charge is 2.21. The third-order valence-corrected chi connectivity index (χ3v) is 3.90. The number of carbonyl (C=O) groups excluding carboxylic acids is 1. The maximum Gasteiger partial charge on any atom is 0.254 e. The minimum atomic E-state index is 0.0562. The van der Waals surface area contributed by atoms with Gasteiger partial charge in [-0.15, -0.1) is 0 Å². The number of nitrogens with two attached hydrogens (primary N) is 1. The first-order chi connectivity index (χ1) is 9.63. The lowest BCUT2D eigenvalue weighted by atomic mass is 10.1. The molecule has 1 aliphatic heterocycles. The van der Waals surface area contributed by atoms with Gasteiger partial charge in [0, 0.05) is 37.4 Å². The van der Waals surface area contributed by atoms with Crippen molar-refractivity contribution >= 4 is 11.6 Å². The van der Waals surface area contributed by atoms with Crippen molar-refractivity contribution in [3.8, 4) is 0 Å². The highest BCUT2D eigenvalue weighted by Crippen LogP contribution is 2.18. The summed E-state index contributed by atoms with van der Waals surface area (Å²) >= 11 is 0. The molecular weight excluding hydrogens is 254 g/mol. The summed E-state index contributed by atoms with van der Waals surface area (Å²) in [6, 6.07) is 5.48. The molecule has 1 heterocycles. The molecule has 0 saturated carbocycles. The number of aliphatic hydroxyl groups excluding tert-OH is 1. The van der Waals surface area contributed by atoms with E-state index < -0.39 is 0 Å². The highest BCUT2D eigenvalue weighted by molar-refractivity contribution is 5.96. The fraction of sp³-hybridized carbons (Fsp3) is 0.533. The summed E-state index contributed by atoms with van der Waals surface area (Å²) in [5.41, 5.74) is 8.08. The van der Waals surface area contributed by atoms with Crippen molar-refractivity contribution in [3.05, 3.63) is 29.3 Å². The predicted octanol–water partition coefficient (Wildman–Crippen LogP) is 0.717. The number of nitrogen functional groups attached to an aromatic ring is 1. The van der Waals surface area contributed by atoms with Gasteiger partial charge in [0.05, 0.1) is 6.61 Å². The van der Waals surface area contributed by atoms with Crippen molar-refractivity contribution < 1.29 is 9.90 Å². The molecule has 110 valence electrons. The number of aliphatic hydroxyl groups is 1. The molecule has 0 unspecified atom stereocenters. The smallest absolute Gasteiger partial charge is 0.254 e. The molecule has 1 aliphatic rings. The van der Waals surface area contributed by atoms with E-state index in [4.69, 9.17) is 10.8 Å². The lowest BCUT2D eigenvalue weighted by Gasteiger charge is -2.22. The molecule has 1 fully saturated rings. The highest BCUT2D eigenvalue weighted by atomic mass is 16.3. The van der Waals surface area contributed by atoms with Gasteiger partial charge in [0.1, 0.15) is 0 Å². The van der Waals surface area contributed by atoms with E-state index >= 15 is 0 Å². The summed E-state index contributed by atoms with van der Waals surface area (Å²) in [4.78, 5) is 16.7. The van der Waals surface area contributed by atoms with E-state index in [0.717, 1.165) is 31.6 Å². The molecule has 1 amide bonds. The van der Waals surface area contributed by atoms with Gasteiger partial charge in [-0.2, -0.15) is 0 Å². The first-order valence-electron chi connectivity index (χ1n) is 7.11. The minimum absolute atomic E-state index is 0.0562. The second-order valence-corrected chi connectivity index (χ2v) is 5.23. The third-order valence-electron chi connectivity index (χ3n) is 3.90. The van der Waals surface area contributed by atoms with Crippen LogP contribution < -0.4 is 5.73 Å². The largest absolute Gasteiger partial charge is 0.398 e. The number of β-amino-alcohol motifs (C(OH)–C–C–N with tert-alkyl or cyclic N) is 1. The Morgan fingerprint density at radius 1 is 1.30 bits per heavy atom. The second kappa shape index (κ2) is 6.72. The van der Waals surface area contributed by atoms with Crippen molar-refractivity contribution in [2.75, 3.05) is 45.1 Å². The second-order valence-electron chi connectivity index (χ2n) is 5.23. The van der Waals surface area contributed by atoms with Crippen LogP contribution in [0.3, 0.4) is 0 Å². The van der Waals surface area contributed by atoms with Crippen LogP contribution in [0.5, 0.6) is 0 Å². The number of benzene rings is 1. The Kier molecular flexibility index (Phi) is 4.98. The number of nitrogens with zero attached hydrogens (tertiary/aromatic N) is 2. The van der Waals surface area contributed by atoms with E-state index in [1.54, 1.807) is 0 Å². The van der Waals surface area contributed by atoms with Crippen LogP contribution in [0.4, 0.5) is 5.69 Å². The molecule has 1 aromatic rings. The normalized spacial score (nSPS) is 17.0. The van der Waals surface area contributed by atoms with E-state index in [2.05, 4.69) is 4.90 Å². The molecular formula is C15H23N3O2. The van der Waals surface area contributed by atoms with Crippen LogP contribution in [0.1, 0.15) is 22.3 Å². The molecule has 0 atom stereocenters. The zero-order valence-electron chi connectivity index (χ0n) is 12.0. The third kappa shape index (κ3) is 3.29. The van der Waals surface area contributed by atoms with Gasteiger partial charge in [-0.05, 0) is 37.6 Å². The van der Waals surface area contributed by atoms with Crippen LogP contribution in [-0.2, 0) is 0 Å². The number of hydrogen-bond acceptors (Lipinski definition) is 4. The number of rotatable bonds is 3. The summed E-state index contributed by atoms with van der Waals surface area (Å²) in [6.07, 6.45) is 0.938. The molecule has 0 bridgehead atoms. The minimum Gasteiger partial charge on any atom is -0.398 e. The van der Waals surface area contributed by atoms with E-state index in [-0.39, 0.29) is 12.5 Å². The van der Waals surface area contributed by atoms with Crippen molar-refractivity contribution in [2.45, 2.75) is 13.3 Å². The lowest BCUT2D eigenvalue weighted by Crippen LogP contribution is -2.36. The average Bonchev–Trinajstić information content (AvgIpc) is 2.67. The van der Waals surface area contributed by atoms with Gasteiger partial charge in [-0.1, -0.05) is 6.07 Å². The van der Waals surface area contributed by atoms with Gasteiger partial charge >= 0.3 is 0 Å². The van der Waals surface area contributed by atoms with E-state index in [1.807, 2.05) is 30.0 Å². The molecule has 1 saturated heterocycles. The SMILES string of the molecule is Cc1c(N)cccc1C(=O)N1CCCN(CCO)CC1. The van der Waals surface area contributed by atoms with Gasteiger partial charge in [0.25, 0.3) is 5.91 Å². The zero-order valence-corrected chi connectivity index (χ0v) is 12.0. The lowest BCUT2D eigenvalue weighted by molar-refractivity contribution is 0.0760. The Bertz CT molecular complexity index is 476. The fourth-order valence-electron chi connectivity index (χ4n) is 2.59. The van der Waals surface area contributed by atoms with Crippen molar-refractivity contribution in [1.29, 1.82) is 0 Å². The molecule has 0 spiro atoms. The van der Waals surface area contributed by atoms with Crippen LogP contribution in [0.2, 0.25) is 0 Å². The van der Waals surface area contributed by atoms with E-state index in [0.29, 0.717) is 24.3 Å². The summed E-state index contributed by atoms with van der Waals surface area (Å²) < 4.78 is 0. The van der Waals surface area contributed by atoms with Crippen LogP contribution in [0, 0.1) is 6.92 Å². The van der Waals surface area contributed by atoms with Gasteiger partial charge in [-0.3, -0.25) is 9.69 Å². The Labute approximate surface area is 120 Å². The number of amides is 1. The molecule has 0 radical (unpaired) electrons. The molecule has 5 nitrogen and oxygen atoms in total. The van der Waals surface area contributed by atoms with Gasteiger partial charge in [-0.25, -0.2) is 0 Å². The topological polar surface area (TPSA) is 69.8 Å². The van der Waals surface area contributed by atoms with Gasteiger partial charge in [0.15, 0.2) is 0 Å². The van der Waals surface area contributed by atoms with Crippen molar-refractivity contribution in [1.82, 2.24) is 9.80 Å². The monoisotopic (exact) mass is 277 g/mol. The van der Waals surface area contributed by atoms with Gasteiger partial charge in [0.2, 0.25) is 0 Å². The van der Waals surface area contributed by atoms with E-state index in [9.17, 15) is 4.79 Å². The first-order valence-corrected chi connectivity index (χ1v) is 7.11. The maximum atomic E-state index is 12.6. The molecule has 5 heteroatoms. The molecule has 0 aromatic heterocycles. The van der Waals surface area contributed by atoms with Crippen molar-refractivity contribution in [2.24, 2.45) is 0 Å². The first kappa shape index (κ1) is 14.8. The average molecular weight is 277 g/mol. The van der Waals surface area contributed by atoms with Crippen molar-refractivity contribution in [3.63, 3.8) is 0 Å². The van der Waals surface area contributed by atoms with Gasteiger partial charge < -0.3 is 15.7 Å². The summed E-state index contributed by atoms with van der Waals surface area (Å²) in [6.45, 7) is 5.94.